The molecular weight excluding hydrogens is 488 g/mol. The van der Waals surface area contributed by atoms with E-state index in [1.54, 1.807) is 0 Å². The maximum absolute atomic E-state index is 6.13. The largest absolute Gasteiger partial charge is 0.489 e. The summed E-state index contributed by atoms with van der Waals surface area (Å²) in [5, 5.41) is 2.45. The van der Waals surface area contributed by atoms with Crippen LogP contribution in [0.4, 0.5) is 5.69 Å². The molecule has 6 rings (SSSR count). The molecule has 0 heterocycles. The van der Waals surface area contributed by atoms with Crippen molar-refractivity contribution in [3.05, 3.63) is 131 Å². The predicted octanol–water partition coefficient (Wildman–Crippen LogP) is 9.63. The van der Waals surface area contributed by atoms with Gasteiger partial charge in [-0.1, -0.05) is 107 Å². The van der Waals surface area contributed by atoms with Crippen LogP contribution in [0.2, 0.25) is 0 Å². The molecule has 3 heteroatoms. The fourth-order valence-corrected chi connectivity index (χ4v) is 5.86. The summed E-state index contributed by atoms with van der Waals surface area (Å²) in [6.45, 7) is 9.58. The van der Waals surface area contributed by atoms with Crippen LogP contribution in [0, 0.1) is 11.8 Å². The summed E-state index contributed by atoms with van der Waals surface area (Å²) in [4.78, 5) is 10.9. The van der Waals surface area contributed by atoms with Gasteiger partial charge in [-0.3, -0.25) is 0 Å². The SMILES string of the molecule is CC(C)C1=CCCC(C(C)C)=C1/N=C1/C(=N/c2ccccc2COc2ccccc2)c2cccc3cccc1c23. The van der Waals surface area contributed by atoms with E-state index in [0.717, 1.165) is 58.1 Å². The Hall–Kier alpha value is -4.24. The van der Waals surface area contributed by atoms with Gasteiger partial charge in [0.05, 0.1) is 22.8 Å². The summed E-state index contributed by atoms with van der Waals surface area (Å²) in [5.74, 6) is 1.70. The van der Waals surface area contributed by atoms with Crippen LogP contribution in [0.5, 0.6) is 5.75 Å². The average molecular weight is 525 g/mol. The molecule has 0 aliphatic heterocycles. The van der Waals surface area contributed by atoms with Crippen molar-refractivity contribution in [2.75, 3.05) is 0 Å². The molecule has 0 bridgehead atoms. The van der Waals surface area contributed by atoms with Crippen molar-refractivity contribution >= 4 is 27.9 Å². The third-order valence-electron chi connectivity index (χ3n) is 7.90. The van der Waals surface area contributed by atoms with Gasteiger partial charge in [0.1, 0.15) is 12.4 Å². The van der Waals surface area contributed by atoms with Crippen LogP contribution in [0.3, 0.4) is 0 Å². The number of para-hydroxylation sites is 2. The topological polar surface area (TPSA) is 34.0 Å². The first-order chi connectivity index (χ1) is 19.5. The molecule has 4 aromatic rings. The molecule has 0 saturated carbocycles. The highest BCUT2D eigenvalue weighted by molar-refractivity contribution is 6.61. The van der Waals surface area contributed by atoms with Gasteiger partial charge in [0.25, 0.3) is 0 Å². The number of allylic oxidation sites excluding steroid dienone is 3. The van der Waals surface area contributed by atoms with Crippen LogP contribution < -0.4 is 4.74 Å². The lowest BCUT2D eigenvalue weighted by atomic mass is 9.84. The molecule has 0 fully saturated rings. The summed E-state index contributed by atoms with van der Waals surface area (Å²) in [6, 6.07) is 31.3. The van der Waals surface area contributed by atoms with E-state index in [4.69, 9.17) is 14.7 Å². The average Bonchev–Trinajstić information content (AvgIpc) is 3.26. The van der Waals surface area contributed by atoms with Crippen LogP contribution in [0.15, 0.2) is 124 Å². The Labute approximate surface area is 237 Å². The molecule has 40 heavy (non-hydrogen) atoms. The zero-order chi connectivity index (χ0) is 27.6. The zero-order valence-electron chi connectivity index (χ0n) is 23.8. The molecule has 200 valence electrons. The van der Waals surface area contributed by atoms with Crippen molar-refractivity contribution in [3.8, 4) is 5.75 Å². The summed E-state index contributed by atoms with van der Waals surface area (Å²) >= 11 is 0. The van der Waals surface area contributed by atoms with Crippen molar-refractivity contribution in [2.24, 2.45) is 21.8 Å². The minimum absolute atomic E-state index is 0.407. The Morgan fingerprint density at radius 2 is 1.38 bits per heavy atom. The van der Waals surface area contributed by atoms with Gasteiger partial charge in [0.15, 0.2) is 0 Å². The summed E-state index contributed by atoms with van der Waals surface area (Å²) in [5.41, 5.74) is 10.1. The van der Waals surface area contributed by atoms with Crippen LogP contribution in [-0.2, 0) is 6.61 Å². The van der Waals surface area contributed by atoms with Gasteiger partial charge in [0.2, 0.25) is 0 Å². The molecule has 2 aliphatic rings. The second-order valence-electron chi connectivity index (χ2n) is 11.2. The molecule has 0 saturated heterocycles. The van der Waals surface area contributed by atoms with E-state index in [1.807, 2.05) is 42.5 Å². The monoisotopic (exact) mass is 524 g/mol. The number of rotatable bonds is 7. The van der Waals surface area contributed by atoms with E-state index in [0.29, 0.717) is 18.4 Å². The molecule has 0 amide bonds. The molecule has 4 aromatic carbocycles. The first kappa shape index (κ1) is 26.0. The predicted molar refractivity (Wildman–Crippen MR) is 168 cm³/mol. The Morgan fingerprint density at radius 1 is 0.700 bits per heavy atom. The lowest BCUT2D eigenvalue weighted by Gasteiger charge is -2.24. The molecule has 0 spiro atoms. The fraction of sp³-hybridized carbons (Fsp3) is 0.243. The maximum atomic E-state index is 6.13. The highest BCUT2D eigenvalue weighted by Gasteiger charge is 2.29. The number of hydrogen-bond acceptors (Lipinski definition) is 3. The number of hydrogen-bond donors (Lipinski definition) is 0. The molecule has 0 unspecified atom stereocenters. The molecule has 0 atom stereocenters. The second kappa shape index (κ2) is 11.1. The Morgan fingerprint density at radius 3 is 2.08 bits per heavy atom. The van der Waals surface area contributed by atoms with Crippen molar-refractivity contribution in [1.29, 1.82) is 0 Å². The third kappa shape index (κ3) is 4.93. The second-order valence-corrected chi connectivity index (χ2v) is 11.2. The lowest BCUT2D eigenvalue weighted by molar-refractivity contribution is 0.306. The van der Waals surface area contributed by atoms with Gasteiger partial charge < -0.3 is 4.74 Å². The highest BCUT2D eigenvalue weighted by atomic mass is 16.5. The minimum Gasteiger partial charge on any atom is -0.489 e. The van der Waals surface area contributed by atoms with Crippen LogP contribution >= 0.6 is 0 Å². The van der Waals surface area contributed by atoms with Crippen LogP contribution in [0.1, 0.15) is 57.2 Å². The lowest BCUT2D eigenvalue weighted by Crippen LogP contribution is -2.15. The molecule has 0 aromatic heterocycles. The normalized spacial score (nSPS) is 17.0. The summed E-state index contributed by atoms with van der Waals surface area (Å²) in [6.07, 6.45) is 4.54. The van der Waals surface area contributed by atoms with Gasteiger partial charge in [-0.2, -0.15) is 0 Å². The Kier molecular flexibility index (Phi) is 7.21. The van der Waals surface area contributed by atoms with E-state index < -0.39 is 0 Å². The first-order valence-electron chi connectivity index (χ1n) is 14.4. The molecule has 3 nitrogen and oxygen atoms in total. The quantitative estimate of drug-likeness (QED) is 0.237. The first-order valence-corrected chi connectivity index (χ1v) is 14.4. The van der Waals surface area contributed by atoms with Crippen LogP contribution in [0.25, 0.3) is 10.8 Å². The van der Waals surface area contributed by atoms with Gasteiger partial charge >= 0.3 is 0 Å². The van der Waals surface area contributed by atoms with E-state index >= 15 is 0 Å². The molecule has 2 aliphatic carbocycles. The number of nitrogens with zero attached hydrogens (tertiary/aromatic N) is 2. The number of ether oxygens (including phenoxy) is 1. The molecule has 0 N–H and O–H groups in total. The van der Waals surface area contributed by atoms with Crippen molar-refractivity contribution < 1.29 is 4.74 Å². The Balaban J connectivity index is 1.52. The van der Waals surface area contributed by atoms with Gasteiger partial charge in [-0.25, -0.2) is 9.98 Å². The number of benzene rings is 4. The van der Waals surface area contributed by atoms with E-state index in [-0.39, 0.29) is 0 Å². The van der Waals surface area contributed by atoms with Crippen molar-refractivity contribution in [1.82, 2.24) is 0 Å². The van der Waals surface area contributed by atoms with Crippen LogP contribution in [-0.4, -0.2) is 11.4 Å². The zero-order valence-corrected chi connectivity index (χ0v) is 23.8. The van der Waals surface area contributed by atoms with Crippen molar-refractivity contribution in [2.45, 2.75) is 47.1 Å². The Bertz CT molecular complexity index is 1680. The van der Waals surface area contributed by atoms with E-state index in [2.05, 4.69) is 82.3 Å². The van der Waals surface area contributed by atoms with Gasteiger partial charge in [-0.05, 0) is 59.4 Å². The standard InChI is InChI=1S/C37H36N2O/c1-24(2)29-18-12-19-30(25(3)4)35(29)39-37-32-21-11-15-26-14-10-20-31(34(26)32)36(37)38-33-22-9-8-13-27(33)23-40-28-16-6-5-7-17-28/h5-11,13-18,20-22,24-25H,12,19,23H2,1-4H3/b38-36+,39-37+. The van der Waals surface area contributed by atoms with Gasteiger partial charge in [0, 0.05) is 22.1 Å². The third-order valence-corrected chi connectivity index (χ3v) is 7.90. The van der Waals surface area contributed by atoms with E-state index in [1.165, 1.54) is 21.9 Å². The smallest absolute Gasteiger partial charge is 0.119 e. The summed E-state index contributed by atoms with van der Waals surface area (Å²) in [7, 11) is 0. The molecular formula is C37H36N2O. The van der Waals surface area contributed by atoms with Gasteiger partial charge in [-0.15, -0.1) is 0 Å². The fourth-order valence-electron chi connectivity index (χ4n) is 5.86. The highest BCUT2D eigenvalue weighted by Crippen LogP contribution is 2.38. The van der Waals surface area contributed by atoms with E-state index in [9.17, 15) is 0 Å². The number of aliphatic imine (C=N–C) groups is 2. The maximum Gasteiger partial charge on any atom is 0.119 e. The van der Waals surface area contributed by atoms with Crippen molar-refractivity contribution in [3.63, 3.8) is 0 Å². The molecule has 0 radical (unpaired) electrons. The minimum atomic E-state index is 0.407. The summed E-state index contributed by atoms with van der Waals surface area (Å²) < 4.78 is 6.13.